The number of nitrogens with two attached hydrogens (primary N) is 1. The van der Waals surface area contributed by atoms with Crippen molar-refractivity contribution in [1.29, 1.82) is 0 Å². The number of ether oxygens (including phenoxy) is 1. The summed E-state index contributed by atoms with van der Waals surface area (Å²) in [4.78, 5) is 22.6. The second kappa shape index (κ2) is 7.02. The summed E-state index contributed by atoms with van der Waals surface area (Å²) in [6.07, 6.45) is 0. The third-order valence-corrected chi connectivity index (χ3v) is 2.92. The van der Waals surface area contributed by atoms with Gasteiger partial charge in [0.05, 0.1) is 12.0 Å². The molecule has 0 spiro atoms. The molecule has 110 valence electrons. The second-order valence-electron chi connectivity index (χ2n) is 4.90. The van der Waals surface area contributed by atoms with E-state index in [1.807, 2.05) is 0 Å². The summed E-state index contributed by atoms with van der Waals surface area (Å²) >= 11 is 0. The number of amides is 1. The van der Waals surface area contributed by atoms with Crippen LogP contribution in [0.1, 0.15) is 19.4 Å². The van der Waals surface area contributed by atoms with Crippen LogP contribution in [0.3, 0.4) is 0 Å². The van der Waals surface area contributed by atoms with Crippen molar-refractivity contribution in [3.8, 4) is 0 Å². The van der Waals surface area contributed by atoms with Crippen LogP contribution in [0.25, 0.3) is 0 Å². The van der Waals surface area contributed by atoms with Gasteiger partial charge in [0.25, 0.3) is 0 Å². The highest BCUT2D eigenvalue weighted by molar-refractivity contribution is 5.91. The van der Waals surface area contributed by atoms with Crippen LogP contribution < -0.4 is 11.1 Å². The van der Waals surface area contributed by atoms with Crippen molar-refractivity contribution in [2.24, 2.45) is 5.73 Å². The molecule has 0 saturated heterocycles. The van der Waals surface area contributed by atoms with Crippen molar-refractivity contribution in [3.05, 3.63) is 29.8 Å². The van der Waals surface area contributed by atoms with Crippen LogP contribution in [0.5, 0.6) is 0 Å². The monoisotopic (exact) mass is 280 g/mol. The number of aliphatic carboxylic acids is 1. The number of carboxylic acid groups (broad SMARTS) is 1. The zero-order valence-electron chi connectivity index (χ0n) is 11.7. The summed E-state index contributed by atoms with van der Waals surface area (Å²) in [5, 5.41) is 11.8. The summed E-state index contributed by atoms with van der Waals surface area (Å²) in [5.74, 6) is -1.17. The number of carboxylic acids is 1. The average molecular weight is 280 g/mol. The van der Waals surface area contributed by atoms with Gasteiger partial charge >= 0.3 is 5.97 Å². The first kappa shape index (κ1) is 16.1. The number of nitrogens with one attached hydrogen (secondary N) is 1. The van der Waals surface area contributed by atoms with Crippen molar-refractivity contribution >= 4 is 17.6 Å². The lowest BCUT2D eigenvalue weighted by molar-refractivity contribution is -0.142. The normalized spacial score (nSPS) is 11.2. The molecule has 1 aromatic carbocycles. The van der Waals surface area contributed by atoms with Gasteiger partial charge in [-0.25, -0.2) is 0 Å². The number of carbonyl (C=O) groups is 2. The highest BCUT2D eigenvalue weighted by Gasteiger charge is 2.29. The maximum Gasteiger partial charge on any atom is 0.313 e. The molecule has 0 radical (unpaired) electrons. The van der Waals surface area contributed by atoms with Crippen LogP contribution in [0, 0.1) is 0 Å². The van der Waals surface area contributed by atoms with Crippen molar-refractivity contribution in [2.75, 3.05) is 25.1 Å². The van der Waals surface area contributed by atoms with Crippen LogP contribution in [0.2, 0.25) is 0 Å². The SMILES string of the molecule is CC(C)(C(=O)O)c1ccc(NC(=O)COCCN)cc1. The largest absolute Gasteiger partial charge is 0.481 e. The zero-order chi connectivity index (χ0) is 15.2. The van der Waals surface area contributed by atoms with E-state index < -0.39 is 11.4 Å². The minimum Gasteiger partial charge on any atom is -0.481 e. The summed E-state index contributed by atoms with van der Waals surface area (Å²) in [5.41, 5.74) is 5.54. The molecule has 1 aromatic rings. The first-order valence-corrected chi connectivity index (χ1v) is 6.29. The van der Waals surface area contributed by atoms with Crippen molar-refractivity contribution in [3.63, 3.8) is 0 Å². The Labute approximate surface area is 117 Å². The summed E-state index contributed by atoms with van der Waals surface area (Å²) in [6, 6.07) is 6.71. The van der Waals surface area contributed by atoms with E-state index in [0.717, 1.165) is 0 Å². The van der Waals surface area contributed by atoms with E-state index in [0.29, 0.717) is 24.4 Å². The van der Waals surface area contributed by atoms with Crippen LogP contribution in [0.15, 0.2) is 24.3 Å². The molecular formula is C14H20N2O4. The van der Waals surface area contributed by atoms with Gasteiger partial charge in [0.2, 0.25) is 5.91 Å². The van der Waals surface area contributed by atoms with Gasteiger partial charge in [-0.3, -0.25) is 9.59 Å². The topological polar surface area (TPSA) is 102 Å². The van der Waals surface area contributed by atoms with Gasteiger partial charge < -0.3 is 20.9 Å². The van der Waals surface area contributed by atoms with Gasteiger partial charge in [-0.15, -0.1) is 0 Å². The highest BCUT2D eigenvalue weighted by Crippen LogP contribution is 2.24. The molecule has 0 saturated carbocycles. The minimum absolute atomic E-state index is 0.0560. The molecule has 0 aliphatic heterocycles. The van der Waals surface area contributed by atoms with Crippen LogP contribution >= 0.6 is 0 Å². The molecule has 1 amide bonds. The number of hydrogen-bond acceptors (Lipinski definition) is 4. The Balaban J connectivity index is 2.63. The summed E-state index contributed by atoms with van der Waals surface area (Å²) in [6.45, 7) is 3.90. The molecule has 4 N–H and O–H groups in total. The van der Waals surface area contributed by atoms with Crippen molar-refractivity contribution in [2.45, 2.75) is 19.3 Å². The Morgan fingerprint density at radius 1 is 1.30 bits per heavy atom. The fourth-order valence-electron chi connectivity index (χ4n) is 1.54. The molecule has 6 heteroatoms. The Bertz CT molecular complexity index is 469. The molecule has 20 heavy (non-hydrogen) atoms. The minimum atomic E-state index is -0.966. The van der Waals surface area contributed by atoms with E-state index in [1.54, 1.807) is 38.1 Å². The molecular weight excluding hydrogens is 260 g/mol. The molecule has 0 bridgehead atoms. The Morgan fingerprint density at radius 2 is 1.90 bits per heavy atom. The van der Waals surface area contributed by atoms with Gasteiger partial charge in [-0.05, 0) is 31.5 Å². The molecule has 0 aliphatic rings. The highest BCUT2D eigenvalue weighted by atomic mass is 16.5. The molecule has 6 nitrogen and oxygen atoms in total. The number of benzene rings is 1. The van der Waals surface area contributed by atoms with E-state index >= 15 is 0 Å². The molecule has 1 rings (SSSR count). The Hall–Kier alpha value is -1.92. The number of carbonyl (C=O) groups excluding carboxylic acids is 1. The molecule has 0 atom stereocenters. The van der Waals surface area contributed by atoms with E-state index in [-0.39, 0.29) is 12.5 Å². The maximum atomic E-state index is 11.5. The van der Waals surface area contributed by atoms with E-state index in [4.69, 9.17) is 15.6 Å². The van der Waals surface area contributed by atoms with E-state index in [1.165, 1.54) is 0 Å². The van der Waals surface area contributed by atoms with Crippen molar-refractivity contribution < 1.29 is 19.4 Å². The smallest absolute Gasteiger partial charge is 0.313 e. The fourth-order valence-corrected chi connectivity index (χ4v) is 1.54. The van der Waals surface area contributed by atoms with Gasteiger partial charge in [0, 0.05) is 12.2 Å². The zero-order valence-corrected chi connectivity index (χ0v) is 11.7. The predicted molar refractivity (Wildman–Crippen MR) is 75.6 cm³/mol. The number of hydrogen-bond donors (Lipinski definition) is 3. The molecule has 0 aromatic heterocycles. The molecule has 0 heterocycles. The summed E-state index contributed by atoms with van der Waals surface area (Å²) in [7, 11) is 0. The second-order valence-corrected chi connectivity index (χ2v) is 4.90. The lowest BCUT2D eigenvalue weighted by atomic mass is 9.85. The quantitative estimate of drug-likeness (QED) is 0.646. The molecule has 0 aliphatic carbocycles. The lowest BCUT2D eigenvalue weighted by Gasteiger charge is -2.19. The maximum absolute atomic E-state index is 11.5. The average Bonchev–Trinajstić information content (AvgIpc) is 2.39. The third kappa shape index (κ3) is 4.32. The molecule has 0 unspecified atom stereocenters. The third-order valence-electron chi connectivity index (χ3n) is 2.92. The first-order chi connectivity index (χ1) is 9.37. The predicted octanol–water partition coefficient (Wildman–Crippen LogP) is 0.963. The van der Waals surface area contributed by atoms with E-state index in [9.17, 15) is 9.59 Å². The van der Waals surface area contributed by atoms with Gasteiger partial charge in [-0.2, -0.15) is 0 Å². The first-order valence-electron chi connectivity index (χ1n) is 6.29. The van der Waals surface area contributed by atoms with Crippen molar-refractivity contribution in [1.82, 2.24) is 0 Å². The van der Waals surface area contributed by atoms with E-state index in [2.05, 4.69) is 5.32 Å². The van der Waals surface area contributed by atoms with Crippen LogP contribution in [-0.4, -0.2) is 36.7 Å². The van der Waals surface area contributed by atoms with Gasteiger partial charge in [0.1, 0.15) is 6.61 Å². The van der Waals surface area contributed by atoms with Crippen LogP contribution in [-0.2, 0) is 19.7 Å². The number of anilines is 1. The standard InChI is InChI=1S/C14H20N2O4/c1-14(2,13(18)19)10-3-5-11(6-4-10)16-12(17)9-20-8-7-15/h3-6H,7-9,15H2,1-2H3,(H,16,17)(H,18,19). The molecule has 0 fully saturated rings. The van der Waals surface area contributed by atoms with Gasteiger partial charge in [0.15, 0.2) is 0 Å². The van der Waals surface area contributed by atoms with Crippen LogP contribution in [0.4, 0.5) is 5.69 Å². The fraction of sp³-hybridized carbons (Fsp3) is 0.429. The Kier molecular flexibility index (Phi) is 5.66. The lowest BCUT2D eigenvalue weighted by Crippen LogP contribution is -2.28. The number of rotatable bonds is 7. The van der Waals surface area contributed by atoms with Gasteiger partial charge in [-0.1, -0.05) is 12.1 Å². The summed E-state index contributed by atoms with van der Waals surface area (Å²) < 4.78 is 5.01. The Morgan fingerprint density at radius 3 is 2.40 bits per heavy atom.